The summed E-state index contributed by atoms with van der Waals surface area (Å²) < 4.78 is 38.7. The van der Waals surface area contributed by atoms with E-state index >= 15 is 0 Å². The Morgan fingerprint density at radius 3 is 2.61 bits per heavy atom. The highest BCUT2D eigenvalue weighted by Crippen LogP contribution is 2.29. The van der Waals surface area contributed by atoms with Crippen LogP contribution in [0, 0.1) is 6.92 Å². The third kappa shape index (κ3) is 3.89. The molecule has 3 aromatic rings. The molecule has 1 heterocycles. The van der Waals surface area contributed by atoms with E-state index in [9.17, 15) is 13.2 Å². The largest absolute Gasteiger partial charge is 0.460 e. The van der Waals surface area contributed by atoms with E-state index in [2.05, 4.69) is 4.72 Å². The predicted octanol–water partition coefficient (Wildman–Crippen LogP) is 4.84. The summed E-state index contributed by atoms with van der Waals surface area (Å²) in [7, 11) is -3.74. The monoisotopic (exact) mass is 401 g/mol. The number of benzene rings is 2. The highest BCUT2D eigenvalue weighted by atomic mass is 32.2. The third-order valence-corrected chi connectivity index (χ3v) is 5.86. The Labute approximate surface area is 164 Å². The van der Waals surface area contributed by atoms with E-state index in [1.807, 2.05) is 19.9 Å². The molecule has 0 bridgehead atoms. The molecular weight excluding hydrogens is 378 g/mol. The Balaban J connectivity index is 1.95. The van der Waals surface area contributed by atoms with Gasteiger partial charge in [-0.25, -0.2) is 13.2 Å². The summed E-state index contributed by atoms with van der Waals surface area (Å²) in [5.41, 5.74) is 2.44. The van der Waals surface area contributed by atoms with Crippen molar-refractivity contribution in [1.29, 1.82) is 0 Å². The van der Waals surface area contributed by atoms with Gasteiger partial charge in [0.15, 0.2) is 0 Å². The van der Waals surface area contributed by atoms with E-state index in [0.29, 0.717) is 22.2 Å². The number of rotatable bonds is 6. The van der Waals surface area contributed by atoms with Crippen LogP contribution in [0.5, 0.6) is 0 Å². The van der Waals surface area contributed by atoms with Crippen molar-refractivity contribution < 1.29 is 22.4 Å². The number of carbonyl (C=O) groups is 1. The van der Waals surface area contributed by atoms with E-state index in [4.69, 9.17) is 9.15 Å². The molecule has 148 valence electrons. The zero-order valence-electron chi connectivity index (χ0n) is 16.3. The van der Waals surface area contributed by atoms with E-state index in [1.54, 1.807) is 50.2 Å². The number of esters is 1. The number of fused-ring (bicyclic) bond motifs is 1. The first kappa shape index (κ1) is 19.9. The van der Waals surface area contributed by atoms with Crippen LogP contribution in [-0.4, -0.2) is 21.0 Å². The van der Waals surface area contributed by atoms with Gasteiger partial charge in [-0.1, -0.05) is 26.0 Å². The molecule has 0 atom stereocenters. The second-order valence-electron chi connectivity index (χ2n) is 6.82. The molecule has 3 rings (SSSR count). The summed E-state index contributed by atoms with van der Waals surface area (Å²) in [4.78, 5) is 12.2. The molecule has 0 radical (unpaired) electrons. The number of anilines is 1. The molecule has 1 aromatic heterocycles. The van der Waals surface area contributed by atoms with Crippen LogP contribution >= 0.6 is 0 Å². The van der Waals surface area contributed by atoms with E-state index in [-0.39, 0.29) is 23.2 Å². The summed E-state index contributed by atoms with van der Waals surface area (Å²) in [5.74, 6) is -0.188. The Kier molecular flexibility index (Phi) is 5.47. The quantitative estimate of drug-likeness (QED) is 0.597. The molecule has 0 saturated carbocycles. The molecule has 2 aromatic carbocycles. The number of nitrogens with one attached hydrogen (secondary N) is 1. The van der Waals surface area contributed by atoms with Crippen LogP contribution in [-0.2, 0) is 14.8 Å². The lowest BCUT2D eigenvalue weighted by molar-refractivity contribution is 0.0491. The number of carbonyl (C=O) groups excluding carboxylic acids is 1. The van der Waals surface area contributed by atoms with Crippen molar-refractivity contribution in [2.24, 2.45) is 0 Å². The highest BCUT2D eigenvalue weighted by Gasteiger charge is 2.20. The highest BCUT2D eigenvalue weighted by molar-refractivity contribution is 7.92. The van der Waals surface area contributed by atoms with Crippen LogP contribution in [0.2, 0.25) is 0 Å². The van der Waals surface area contributed by atoms with Crippen LogP contribution in [0.1, 0.15) is 48.4 Å². The minimum Gasteiger partial charge on any atom is -0.460 e. The zero-order chi connectivity index (χ0) is 20.5. The molecule has 0 spiro atoms. The van der Waals surface area contributed by atoms with Crippen molar-refractivity contribution in [2.45, 2.75) is 38.5 Å². The SMILES string of the molecule is CCOC(=O)c1oc2ccc(NS(=O)(=O)c3cccc(C(C)C)c3)cc2c1C. The summed E-state index contributed by atoms with van der Waals surface area (Å²) >= 11 is 0. The minimum absolute atomic E-state index is 0.126. The fraction of sp³-hybridized carbons (Fsp3) is 0.286. The number of hydrogen-bond donors (Lipinski definition) is 1. The van der Waals surface area contributed by atoms with Gasteiger partial charge in [0.2, 0.25) is 5.76 Å². The molecule has 28 heavy (non-hydrogen) atoms. The van der Waals surface area contributed by atoms with Gasteiger partial charge in [0.1, 0.15) is 5.58 Å². The average Bonchev–Trinajstić information content (AvgIpc) is 2.98. The number of hydrogen-bond acceptors (Lipinski definition) is 5. The van der Waals surface area contributed by atoms with Crippen molar-refractivity contribution in [3.8, 4) is 0 Å². The van der Waals surface area contributed by atoms with Crippen LogP contribution in [0.25, 0.3) is 11.0 Å². The second-order valence-corrected chi connectivity index (χ2v) is 8.50. The molecule has 6 nitrogen and oxygen atoms in total. The molecule has 0 unspecified atom stereocenters. The van der Waals surface area contributed by atoms with Crippen LogP contribution in [0.15, 0.2) is 51.8 Å². The van der Waals surface area contributed by atoms with Gasteiger partial charge in [-0.3, -0.25) is 4.72 Å². The van der Waals surface area contributed by atoms with Crippen molar-refractivity contribution >= 4 is 32.6 Å². The van der Waals surface area contributed by atoms with Gasteiger partial charge in [-0.15, -0.1) is 0 Å². The number of aryl methyl sites for hydroxylation is 1. The minimum atomic E-state index is -3.74. The maximum absolute atomic E-state index is 12.8. The second kappa shape index (κ2) is 7.67. The smallest absolute Gasteiger partial charge is 0.374 e. The third-order valence-electron chi connectivity index (χ3n) is 4.48. The lowest BCUT2D eigenvalue weighted by Gasteiger charge is -2.11. The standard InChI is InChI=1S/C21H23NO5S/c1-5-26-21(23)20-14(4)18-12-16(9-10-19(18)27-20)22-28(24,25)17-8-6-7-15(11-17)13(2)3/h6-13,22H,5H2,1-4H3. The predicted molar refractivity (Wildman–Crippen MR) is 108 cm³/mol. The van der Waals surface area contributed by atoms with Gasteiger partial charge < -0.3 is 9.15 Å². The number of sulfonamides is 1. The van der Waals surface area contributed by atoms with Crippen molar-refractivity contribution in [2.75, 3.05) is 11.3 Å². The fourth-order valence-corrected chi connectivity index (χ4v) is 4.03. The average molecular weight is 401 g/mol. The normalized spacial score (nSPS) is 11.8. The van der Waals surface area contributed by atoms with Gasteiger partial charge in [-0.05, 0) is 55.7 Å². The van der Waals surface area contributed by atoms with E-state index < -0.39 is 16.0 Å². The molecule has 0 saturated heterocycles. The van der Waals surface area contributed by atoms with Crippen LogP contribution in [0.3, 0.4) is 0 Å². The summed E-state index contributed by atoms with van der Waals surface area (Å²) in [6.45, 7) is 7.72. The van der Waals surface area contributed by atoms with Gasteiger partial charge in [0.25, 0.3) is 10.0 Å². The van der Waals surface area contributed by atoms with Crippen LogP contribution < -0.4 is 4.72 Å². The van der Waals surface area contributed by atoms with Crippen molar-refractivity contribution in [1.82, 2.24) is 0 Å². The Hall–Kier alpha value is -2.80. The molecule has 0 fully saturated rings. The Morgan fingerprint density at radius 2 is 1.93 bits per heavy atom. The fourth-order valence-electron chi connectivity index (χ4n) is 2.93. The Bertz CT molecular complexity index is 1130. The zero-order valence-corrected chi connectivity index (χ0v) is 17.1. The lowest BCUT2D eigenvalue weighted by Crippen LogP contribution is -2.13. The molecule has 7 heteroatoms. The first-order valence-corrected chi connectivity index (χ1v) is 10.5. The summed E-state index contributed by atoms with van der Waals surface area (Å²) in [6, 6.07) is 11.8. The maximum atomic E-state index is 12.8. The number of furan rings is 1. The summed E-state index contributed by atoms with van der Waals surface area (Å²) in [6.07, 6.45) is 0. The van der Waals surface area contributed by atoms with E-state index in [1.165, 1.54) is 0 Å². The molecule has 1 N–H and O–H groups in total. The van der Waals surface area contributed by atoms with Crippen LogP contribution in [0.4, 0.5) is 5.69 Å². The molecular formula is C21H23NO5S. The van der Waals surface area contributed by atoms with Gasteiger partial charge in [0.05, 0.1) is 11.5 Å². The molecule has 0 aliphatic carbocycles. The first-order valence-electron chi connectivity index (χ1n) is 9.06. The molecule has 0 aliphatic rings. The van der Waals surface area contributed by atoms with Gasteiger partial charge in [0, 0.05) is 16.6 Å². The first-order chi connectivity index (χ1) is 13.2. The van der Waals surface area contributed by atoms with E-state index in [0.717, 1.165) is 5.56 Å². The molecule has 0 amide bonds. The topological polar surface area (TPSA) is 85.6 Å². The number of ether oxygens (including phenoxy) is 1. The van der Waals surface area contributed by atoms with Gasteiger partial charge in [-0.2, -0.15) is 0 Å². The van der Waals surface area contributed by atoms with Crippen molar-refractivity contribution in [3.63, 3.8) is 0 Å². The lowest BCUT2D eigenvalue weighted by atomic mass is 10.0. The Morgan fingerprint density at radius 1 is 1.18 bits per heavy atom. The van der Waals surface area contributed by atoms with Gasteiger partial charge >= 0.3 is 5.97 Å². The summed E-state index contributed by atoms with van der Waals surface area (Å²) in [5, 5.41) is 0.652. The molecule has 0 aliphatic heterocycles. The van der Waals surface area contributed by atoms with Crippen molar-refractivity contribution in [3.05, 3.63) is 59.4 Å². The maximum Gasteiger partial charge on any atom is 0.374 e.